The number of rotatable bonds is 1. The number of carbonyl (C=O) groups excluding carboxylic acids is 1. The summed E-state index contributed by atoms with van der Waals surface area (Å²) in [7, 11) is 1.57. The third-order valence-corrected chi connectivity index (χ3v) is 2.35. The van der Waals surface area contributed by atoms with Crippen LogP contribution in [0.1, 0.15) is 13.8 Å². The first kappa shape index (κ1) is 9.83. The SMILES string of the molecule is COc1ccc2c(c1)OC(=O)C(C)(C)N2. The fourth-order valence-electron chi connectivity index (χ4n) is 1.43. The molecule has 4 heteroatoms. The van der Waals surface area contributed by atoms with E-state index in [9.17, 15) is 4.79 Å². The second kappa shape index (κ2) is 3.15. The van der Waals surface area contributed by atoms with Gasteiger partial charge in [-0.1, -0.05) is 0 Å². The number of ether oxygens (including phenoxy) is 2. The minimum atomic E-state index is -0.679. The summed E-state index contributed by atoms with van der Waals surface area (Å²) in [6.07, 6.45) is 0. The average molecular weight is 207 g/mol. The van der Waals surface area contributed by atoms with Gasteiger partial charge >= 0.3 is 5.97 Å². The van der Waals surface area contributed by atoms with Gasteiger partial charge in [0.25, 0.3) is 0 Å². The Bertz CT molecular complexity index is 412. The average Bonchev–Trinajstić information content (AvgIpc) is 2.19. The van der Waals surface area contributed by atoms with Crippen molar-refractivity contribution in [2.45, 2.75) is 19.4 Å². The number of esters is 1. The van der Waals surface area contributed by atoms with E-state index in [1.165, 1.54) is 0 Å². The summed E-state index contributed by atoms with van der Waals surface area (Å²) in [5.41, 5.74) is 0.127. The van der Waals surface area contributed by atoms with Crippen molar-refractivity contribution < 1.29 is 14.3 Å². The van der Waals surface area contributed by atoms with Gasteiger partial charge in [0, 0.05) is 6.07 Å². The summed E-state index contributed by atoms with van der Waals surface area (Å²) >= 11 is 0. The van der Waals surface area contributed by atoms with E-state index >= 15 is 0 Å². The third kappa shape index (κ3) is 1.63. The van der Waals surface area contributed by atoms with Gasteiger partial charge in [-0.25, -0.2) is 4.79 Å². The molecule has 0 amide bonds. The zero-order chi connectivity index (χ0) is 11.1. The van der Waals surface area contributed by atoms with Gasteiger partial charge < -0.3 is 14.8 Å². The molecule has 4 nitrogen and oxygen atoms in total. The first-order valence-electron chi connectivity index (χ1n) is 4.71. The highest BCUT2D eigenvalue weighted by atomic mass is 16.5. The van der Waals surface area contributed by atoms with E-state index in [4.69, 9.17) is 9.47 Å². The molecule has 1 heterocycles. The third-order valence-electron chi connectivity index (χ3n) is 2.35. The molecule has 0 bridgehead atoms. The molecule has 1 aliphatic heterocycles. The molecule has 15 heavy (non-hydrogen) atoms. The van der Waals surface area contributed by atoms with Crippen molar-refractivity contribution in [2.24, 2.45) is 0 Å². The molecule has 1 N–H and O–H groups in total. The topological polar surface area (TPSA) is 47.6 Å². The van der Waals surface area contributed by atoms with Gasteiger partial charge in [-0.15, -0.1) is 0 Å². The van der Waals surface area contributed by atoms with E-state index in [0.29, 0.717) is 11.5 Å². The number of fused-ring (bicyclic) bond motifs is 1. The molecule has 0 atom stereocenters. The largest absolute Gasteiger partial charge is 0.497 e. The Labute approximate surface area is 88.2 Å². The van der Waals surface area contributed by atoms with Crippen LogP contribution in [0.3, 0.4) is 0 Å². The summed E-state index contributed by atoms with van der Waals surface area (Å²) < 4.78 is 10.3. The summed E-state index contributed by atoms with van der Waals surface area (Å²) in [6.45, 7) is 3.56. The lowest BCUT2D eigenvalue weighted by Gasteiger charge is -2.31. The molecule has 1 aromatic carbocycles. The highest BCUT2D eigenvalue weighted by Crippen LogP contribution is 2.35. The van der Waals surface area contributed by atoms with Crippen LogP contribution in [0.2, 0.25) is 0 Å². The molecule has 1 aliphatic rings. The highest BCUT2D eigenvalue weighted by Gasteiger charge is 2.35. The molecule has 0 saturated carbocycles. The Morgan fingerprint density at radius 2 is 2.13 bits per heavy atom. The summed E-state index contributed by atoms with van der Waals surface area (Å²) in [4.78, 5) is 11.6. The van der Waals surface area contributed by atoms with Crippen LogP contribution < -0.4 is 14.8 Å². The quantitative estimate of drug-likeness (QED) is 0.563. The lowest BCUT2D eigenvalue weighted by atomic mass is 10.0. The Hall–Kier alpha value is -1.71. The molecule has 0 aromatic heterocycles. The molecule has 0 spiro atoms. The summed E-state index contributed by atoms with van der Waals surface area (Å²) in [6, 6.07) is 5.35. The Morgan fingerprint density at radius 1 is 1.40 bits per heavy atom. The van der Waals surface area contributed by atoms with E-state index in [-0.39, 0.29) is 5.97 Å². The Balaban J connectivity index is 2.41. The predicted molar refractivity (Wildman–Crippen MR) is 56.3 cm³/mol. The van der Waals surface area contributed by atoms with Crippen LogP contribution in [0.5, 0.6) is 11.5 Å². The molecule has 0 aliphatic carbocycles. The number of hydrogen-bond donors (Lipinski definition) is 1. The van der Waals surface area contributed by atoms with Gasteiger partial charge in [0.2, 0.25) is 0 Å². The lowest BCUT2D eigenvalue weighted by molar-refractivity contribution is -0.139. The molecular weight excluding hydrogens is 194 g/mol. The lowest BCUT2D eigenvalue weighted by Crippen LogP contribution is -2.46. The van der Waals surface area contributed by atoms with Crippen molar-refractivity contribution in [1.29, 1.82) is 0 Å². The van der Waals surface area contributed by atoms with Gasteiger partial charge in [-0.3, -0.25) is 0 Å². The number of methoxy groups -OCH3 is 1. The van der Waals surface area contributed by atoms with Crippen molar-refractivity contribution in [3.05, 3.63) is 18.2 Å². The van der Waals surface area contributed by atoms with Crippen LogP contribution in [0.15, 0.2) is 18.2 Å². The van der Waals surface area contributed by atoms with Crippen LogP contribution >= 0.6 is 0 Å². The molecule has 0 radical (unpaired) electrons. The zero-order valence-electron chi connectivity index (χ0n) is 8.96. The first-order chi connectivity index (χ1) is 7.03. The predicted octanol–water partition coefficient (Wildman–Crippen LogP) is 1.80. The van der Waals surface area contributed by atoms with E-state index < -0.39 is 5.54 Å². The number of nitrogens with one attached hydrogen (secondary N) is 1. The first-order valence-corrected chi connectivity index (χ1v) is 4.71. The van der Waals surface area contributed by atoms with Crippen LogP contribution in [-0.4, -0.2) is 18.6 Å². The Morgan fingerprint density at radius 3 is 2.80 bits per heavy atom. The maximum absolute atomic E-state index is 11.6. The van der Waals surface area contributed by atoms with Crippen molar-refractivity contribution in [3.63, 3.8) is 0 Å². The van der Waals surface area contributed by atoms with Gasteiger partial charge in [0.15, 0.2) is 5.75 Å². The smallest absolute Gasteiger partial charge is 0.336 e. The van der Waals surface area contributed by atoms with Gasteiger partial charge in [0.1, 0.15) is 11.3 Å². The van der Waals surface area contributed by atoms with Crippen LogP contribution in [0.4, 0.5) is 5.69 Å². The number of hydrogen-bond acceptors (Lipinski definition) is 4. The maximum Gasteiger partial charge on any atom is 0.336 e. The fraction of sp³-hybridized carbons (Fsp3) is 0.364. The van der Waals surface area contributed by atoms with Crippen LogP contribution in [0.25, 0.3) is 0 Å². The maximum atomic E-state index is 11.6. The molecule has 2 rings (SSSR count). The Kier molecular flexibility index (Phi) is 2.07. The molecular formula is C11H13NO3. The number of carbonyl (C=O) groups is 1. The molecule has 0 fully saturated rings. The van der Waals surface area contributed by atoms with Crippen molar-refractivity contribution in [2.75, 3.05) is 12.4 Å². The second-order valence-corrected chi connectivity index (χ2v) is 4.00. The minimum Gasteiger partial charge on any atom is -0.497 e. The standard InChI is InChI=1S/C11H13NO3/c1-11(2)10(13)15-9-6-7(14-3)4-5-8(9)12-11/h4-6,12H,1-3H3. The molecule has 1 aromatic rings. The molecule has 80 valence electrons. The van der Waals surface area contributed by atoms with Gasteiger partial charge in [0.05, 0.1) is 12.8 Å². The molecule has 0 unspecified atom stereocenters. The van der Waals surface area contributed by atoms with Crippen molar-refractivity contribution in [1.82, 2.24) is 0 Å². The molecule has 0 saturated heterocycles. The van der Waals surface area contributed by atoms with E-state index in [2.05, 4.69) is 5.32 Å². The summed E-state index contributed by atoms with van der Waals surface area (Å²) in [5, 5.41) is 3.11. The van der Waals surface area contributed by atoms with E-state index in [1.807, 2.05) is 12.1 Å². The van der Waals surface area contributed by atoms with Crippen LogP contribution in [-0.2, 0) is 4.79 Å². The van der Waals surface area contributed by atoms with Gasteiger partial charge in [-0.05, 0) is 26.0 Å². The summed E-state index contributed by atoms with van der Waals surface area (Å²) in [5.74, 6) is 0.894. The fourth-order valence-corrected chi connectivity index (χ4v) is 1.43. The highest BCUT2D eigenvalue weighted by molar-refractivity contribution is 5.90. The monoisotopic (exact) mass is 207 g/mol. The van der Waals surface area contributed by atoms with Crippen LogP contribution in [0, 0.1) is 0 Å². The minimum absolute atomic E-state index is 0.289. The number of anilines is 1. The normalized spacial score (nSPS) is 17.4. The van der Waals surface area contributed by atoms with Crippen molar-refractivity contribution >= 4 is 11.7 Å². The second-order valence-electron chi connectivity index (χ2n) is 4.00. The zero-order valence-corrected chi connectivity index (χ0v) is 8.96. The van der Waals surface area contributed by atoms with E-state index in [1.54, 1.807) is 27.0 Å². The number of benzene rings is 1. The van der Waals surface area contributed by atoms with Gasteiger partial charge in [-0.2, -0.15) is 0 Å². The van der Waals surface area contributed by atoms with Crippen molar-refractivity contribution in [3.8, 4) is 11.5 Å². The van der Waals surface area contributed by atoms with E-state index in [0.717, 1.165) is 5.69 Å².